The van der Waals surface area contributed by atoms with Crippen LogP contribution in [-0.4, -0.2) is 18.5 Å². The molecule has 1 spiro atoms. The standard InChI is InChI=1S/C14H16O3/c1-16-10-4-5-11-12(15)9-14(6-2-3-7-14)17-13(11)8-10/h4-5,8H,2-3,6-7,9H2,1H3. The molecule has 0 radical (unpaired) electrons. The van der Waals surface area contributed by atoms with Crippen LogP contribution in [0.4, 0.5) is 0 Å². The van der Waals surface area contributed by atoms with Gasteiger partial charge >= 0.3 is 0 Å². The van der Waals surface area contributed by atoms with Crippen molar-refractivity contribution in [2.45, 2.75) is 37.7 Å². The maximum absolute atomic E-state index is 12.1. The number of carbonyl (C=O) groups is 1. The summed E-state index contributed by atoms with van der Waals surface area (Å²) >= 11 is 0. The lowest BCUT2D eigenvalue weighted by atomic mass is 9.88. The van der Waals surface area contributed by atoms with Crippen LogP contribution in [0.2, 0.25) is 0 Å². The van der Waals surface area contributed by atoms with E-state index in [-0.39, 0.29) is 11.4 Å². The van der Waals surface area contributed by atoms with Crippen LogP contribution in [0.25, 0.3) is 0 Å². The molecule has 90 valence electrons. The Bertz CT molecular complexity index is 459. The highest BCUT2D eigenvalue weighted by molar-refractivity contribution is 6.00. The zero-order chi connectivity index (χ0) is 11.9. The maximum Gasteiger partial charge on any atom is 0.170 e. The lowest BCUT2D eigenvalue weighted by molar-refractivity contribution is 0.0449. The summed E-state index contributed by atoms with van der Waals surface area (Å²) in [6, 6.07) is 5.44. The quantitative estimate of drug-likeness (QED) is 0.746. The molecule has 0 amide bonds. The van der Waals surface area contributed by atoms with Gasteiger partial charge in [-0.1, -0.05) is 0 Å². The molecule has 1 heterocycles. The number of ketones is 1. The minimum Gasteiger partial charge on any atom is -0.497 e. The predicted molar refractivity (Wildman–Crippen MR) is 63.8 cm³/mol. The SMILES string of the molecule is COc1ccc2c(c1)OC1(CCCC1)CC2=O. The Labute approximate surface area is 101 Å². The number of Topliss-reactive ketones (excluding diaryl/α,β-unsaturated/α-hetero) is 1. The topological polar surface area (TPSA) is 35.5 Å². The number of hydrogen-bond donors (Lipinski definition) is 0. The third kappa shape index (κ3) is 1.70. The van der Waals surface area contributed by atoms with Crippen molar-refractivity contribution in [3.05, 3.63) is 23.8 Å². The molecule has 0 atom stereocenters. The molecule has 1 aliphatic carbocycles. The largest absolute Gasteiger partial charge is 0.497 e. The average Bonchev–Trinajstić information content (AvgIpc) is 2.76. The number of carbonyl (C=O) groups excluding carboxylic acids is 1. The van der Waals surface area contributed by atoms with E-state index < -0.39 is 0 Å². The van der Waals surface area contributed by atoms with Crippen molar-refractivity contribution in [3.8, 4) is 11.5 Å². The second-order valence-corrected chi connectivity index (χ2v) is 4.95. The molecule has 1 saturated carbocycles. The number of methoxy groups -OCH3 is 1. The molecule has 3 rings (SSSR count). The van der Waals surface area contributed by atoms with E-state index in [0.717, 1.165) is 31.4 Å². The minimum absolute atomic E-state index is 0.204. The second kappa shape index (κ2) is 3.76. The van der Waals surface area contributed by atoms with Gasteiger partial charge in [0.2, 0.25) is 0 Å². The molecule has 0 bridgehead atoms. The summed E-state index contributed by atoms with van der Waals surface area (Å²) in [5.41, 5.74) is 0.472. The van der Waals surface area contributed by atoms with Crippen LogP contribution in [0.5, 0.6) is 11.5 Å². The molecular weight excluding hydrogens is 216 g/mol. The van der Waals surface area contributed by atoms with Crippen LogP contribution >= 0.6 is 0 Å². The first-order valence-corrected chi connectivity index (χ1v) is 6.13. The third-order valence-corrected chi connectivity index (χ3v) is 3.81. The van der Waals surface area contributed by atoms with E-state index in [2.05, 4.69) is 0 Å². The lowest BCUT2D eigenvalue weighted by Crippen LogP contribution is -2.39. The van der Waals surface area contributed by atoms with Gasteiger partial charge in [0.15, 0.2) is 5.78 Å². The summed E-state index contributed by atoms with van der Waals surface area (Å²) in [6.45, 7) is 0. The second-order valence-electron chi connectivity index (χ2n) is 4.95. The average molecular weight is 232 g/mol. The Morgan fingerprint density at radius 3 is 2.76 bits per heavy atom. The van der Waals surface area contributed by atoms with Gasteiger partial charge in [-0.25, -0.2) is 0 Å². The molecule has 1 fully saturated rings. The smallest absolute Gasteiger partial charge is 0.170 e. The molecule has 0 unspecified atom stereocenters. The summed E-state index contributed by atoms with van der Waals surface area (Å²) in [5.74, 6) is 1.64. The summed E-state index contributed by atoms with van der Waals surface area (Å²) in [5, 5.41) is 0. The van der Waals surface area contributed by atoms with Gasteiger partial charge in [0.05, 0.1) is 19.1 Å². The first kappa shape index (κ1) is 10.6. The van der Waals surface area contributed by atoms with Gasteiger partial charge in [-0.2, -0.15) is 0 Å². The number of fused-ring (bicyclic) bond motifs is 1. The fourth-order valence-corrected chi connectivity index (χ4v) is 2.90. The van der Waals surface area contributed by atoms with Crippen LogP contribution in [0.3, 0.4) is 0 Å². The Balaban J connectivity index is 2.00. The highest BCUT2D eigenvalue weighted by Crippen LogP contribution is 2.43. The van der Waals surface area contributed by atoms with Gasteiger partial charge in [-0.3, -0.25) is 4.79 Å². The van der Waals surface area contributed by atoms with Gasteiger partial charge in [0.25, 0.3) is 0 Å². The van der Waals surface area contributed by atoms with Gasteiger partial charge in [0.1, 0.15) is 17.1 Å². The van der Waals surface area contributed by atoms with Crippen molar-refractivity contribution in [3.63, 3.8) is 0 Å². The highest BCUT2D eigenvalue weighted by Gasteiger charge is 2.42. The fourth-order valence-electron chi connectivity index (χ4n) is 2.90. The minimum atomic E-state index is -0.226. The molecular formula is C14H16O3. The van der Waals surface area contributed by atoms with Crippen LogP contribution in [-0.2, 0) is 0 Å². The van der Waals surface area contributed by atoms with Crippen molar-refractivity contribution >= 4 is 5.78 Å². The molecule has 1 aromatic carbocycles. The zero-order valence-corrected chi connectivity index (χ0v) is 9.99. The van der Waals surface area contributed by atoms with Crippen molar-refractivity contribution in [1.82, 2.24) is 0 Å². The van der Waals surface area contributed by atoms with E-state index in [1.165, 1.54) is 0 Å². The summed E-state index contributed by atoms with van der Waals surface area (Å²) in [4.78, 5) is 12.1. The van der Waals surface area contributed by atoms with Crippen LogP contribution in [0, 0.1) is 0 Å². The molecule has 1 aromatic rings. The highest BCUT2D eigenvalue weighted by atomic mass is 16.5. The molecule has 2 aliphatic rings. The summed E-state index contributed by atoms with van der Waals surface area (Å²) in [7, 11) is 1.62. The van der Waals surface area contributed by atoms with E-state index in [0.29, 0.717) is 17.7 Å². The zero-order valence-electron chi connectivity index (χ0n) is 9.99. The summed E-state index contributed by atoms with van der Waals surface area (Å²) < 4.78 is 11.3. The molecule has 0 N–H and O–H groups in total. The Kier molecular flexibility index (Phi) is 2.35. The van der Waals surface area contributed by atoms with Gasteiger partial charge in [-0.15, -0.1) is 0 Å². The number of ether oxygens (including phenoxy) is 2. The molecule has 1 aliphatic heterocycles. The van der Waals surface area contributed by atoms with E-state index in [1.54, 1.807) is 13.2 Å². The van der Waals surface area contributed by atoms with Gasteiger partial charge < -0.3 is 9.47 Å². The van der Waals surface area contributed by atoms with E-state index in [9.17, 15) is 4.79 Å². The van der Waals surface area contributed by atoms with E-state index in [4.69, 9.17) is 9.47 Å². The summed E-state index contributed by atoms with van der Waals surface area (Å²) in [6.07, 6.45) is 4.84. The van der Waals surface area contributed by atoms with Crippen molar-refractivity contribution in [1.29, 1.82) is 0 Å². The van der Waals surface area contributed by atoms with Crippen molar-refractivity contribution < 1.29 is 14.3 Å². The van der Waals surface area contributed by atoms with Crippen LogP contribution in [0.1, 0.15) is 42.5 Å². The lowest BCUT2D eigenvalue weighted by Gasteiger charge is -2.34. The maximum atomic E-state index is 12.1. The normalized spacial score (nSPS) is 21.1. The molecule has 17 heavy (non-hydrogen) atoms. The molecule has 3 heteroatoms. The van der Waals surface area contributed by atoms with E-state index >= 15 is 0 Å². The van der Waals surface area contributed by atoms with Crippen LogP contribution < -0.4 is 9.47 Å². The number of hydrogen-bond acceptors (Lipinski definition) is 3. The van der Waals surface area contributed by atoms with Gasteiger partial charge in [0, 0.05) is 6.07 Å². The monoisotopic (exact) mass is 232 g/mol. The van der Waals surface area contributed by atoms with Gasteiger partial charge in [-0.05, 0) is 37.8 Å². The van der Waals surface area contributed by atoms with E-state index in [1.807, 2.05) is 12.1 Å². The first-order chi connectivity index (χ1) is 8.22. The van der Waals surface area contributed by atoms with Crippen LogP contribution in [0.15, 0.2) is 18.2 Å². The predicted octanol–water partition coefficient (Wildman–Crippen LogP) is 2.97. The Morgan fingerprint density at radius 2 is 2.06 bits per heavy atom. The van der Waals surface area contributed by atoms with Crippen molar-refractivity contribution in [2.24, 2.45) is 0 Å². The van der Waals surface area contributed by atoms with Crippen molar-refractivity contribution in [2.75, 3.05) is 7.11 Å². The Hall–Kier alpha value is -1.51. The molecule has 0 aromatic heterocycles. The number of rotatable bonds is 1. The first-order valence-electron chi connectivity index (χ1n) is 6.13. The Morgan fingerprint density at radius 1 is 1.29 bits per heavy atom. The third-order valence-electron chi connectivity index (χ3n) is 3.81. The molecule has 0 saturated heterocycles. The fraction of sp³-hybridized carbons (Fsp3) is 0.500. The molecule has 3 nitrogen and oxygen atoms in total. The number of benzene rings is 1.